The molecule has 0 bridgehead atoms. The molecule has 3 fully saturated rings. The quantitative estimate of drug-likeness (QED) is 0.0331. The number of carbonyl (C=O) groups is 5. The van der Waals surface area contributed by atoms with Gasteiger partial charge in [0.05, 0.1) is 97.5 Å². The number of nitrogens with one attached hydrogen (secondary N) is 5. The van der Waals surface area contributed by atoms with Gasteiger partial charge in [0.2, 0.25) is 29.2 Å². The van der Waals surface area contributed by atoms with Gasteiger partial charge in [-0.2, -0.15) is 13.2 Å². The highest BCUT2D eigenvalue weighted by Crippen LogP contribution is 2.36. The van der Waals surface area contributed by atoms with Crippen molar-refractivity contribution in [2.75, 3.05) is 155 Å². The van der Waals surface area contributed by atoms with Crippen LogP contribution in [0, 0.1) is 12.3 Å². The van der Waals surface area contributed by atoms with Crippen LogP contribution in [-0.2, 0) is 62.1 Å². The summed E-state index contributed by atoms with van der Waals surface area (Å²) < 4.78 is 69.5. The number of β-amino-alcohol motifs (C(OH)–C–C–N with tert-alkyl or cyclic N) is 1. The summed E-state index contributed by atoms with van der Waals surface area (Å²) in [6, 6.07) is 20.0. The molecule has 0 saturated carbocycles. The molecule has 23 nitrogen and oxygen atoms in total. The van der Waals surface area contributed by atoms with Crippen LogP contribution in [0.2, 0.25) is 0 Å². The van der Waals surface area contributed by atoms with E-state index >= 15 is 0 Å². The molecule has 3 aliphatic rings. The number of anilines is 2. The molecule has 3 aromatic carbocycles. The third kappa shape index (κ3) is 21.2. The summed E-state index contributed by atoms with van der Waals surface area (Å²) in [6.45, 7) is 17.3. The number of hydrogen-bond donors (Lipinski definition) is 6. The lowest BCUT2D eigenvalue weighted by atomic mass is 9.85. The Labute approximate surface area is 538 Å². The van der Waals surface area contributed by atoms with E-state index < -0.39 is 64.2 Å². The van der Waals surface area contributed by atoms with Gasteiger partial charge in [0.15, 0.2) is 0 Å². The summed E-state index contributed by atoms with van der Waals surface area (Å²) >= 11 is 1.56. The number of nitrogens with zero attached hydrogens (tertiary/aromatic N) is 6. The average Bonchev–Trinajstić information content (AvgIpc) is 1.18. The minimum Gasteiger partial charge on any atom is -0.391 e. The number of amides is 5. The standard InChI is InChI=1S/C65H86F3N11O12S/c1-44-59(92-43-72-44)47-11-9-45(10-12-47)37-71-62(85)55-35-50(80)40-79(55)63(86)60(64(2,3)4)74-58(83)42-91-32-30-89-28-26-87-25-27-88-29-31-90-41-57(82)69-15-16-76-19-21-77(22-20-76)39-46-7-6-8-48(33-46)49-13-14-54(78-23-17-75(5)18-24-78)53(34-49)73-61(84)51-38-70-56(81)36-52(51)65(66,67)68/h6-14,33-34,36,38,43,50,55,60,80H,15-32,35,37,39-42H2,1-5H3,(H,69,82)(H,70,81)(H,71,85)(H,73,84)(H,74,83)/t50-,55+,60-/m1/s1. The molecule has 6 N–H and O–H groups in total. The van der Waals surface area contributed by atoms with E-state index in [9.17, 15) is 47.0 Å². The number of aromatic amines is 1. The Bertz CT molecular complexity index is 3290. The molecule has 27 heteroatoms. The molecular formula is C65H86F3N11O12S. The molecule has 500 valence electrons. The monoisotopic (exact) mass is 1300 g/mol. The highest BCUT2D eigenvalue weighted by Gasteiger charge is 2.45. The first-order valence-corrected chi connectivity index (χ1v) is 31.9. The second-order valence-corrected chi connectivity index (χ2v) is 25.0. The number of aliphatic hydroxyl groups is 1. The topological polar surface area (TPSA) is 262 Å². The van der Waals surface area contributed by atoms with Crippen LogP contribution in [0.25, 0.3) is 21.6 Å². The summed E-state index contributed by atoms with van der Waals surface area (Å²) in [5, 5.41) is 21.9. The van der Waals surface area contributed by atoms with Gasteiger partial charge in [-0.3, -0.25) is 38.6 Å². The van der Waals surface area contributed by atoms with Crippen molar-refractivity contribution in [2.24, 2.45) is 5.41 Å². The molecule has 3 atom stereocenters. The van der Waals surface area contributed by atoms with E-state index in [2.05, 4.69) is 56.9 Å². The number of alkyl halides is 3. The number of pyridine rings is 1. The van der Waals surface area contributed by atoms with Crippen molar-refractivity contribution in [2.45, 2.75) is 71.6 Å². The second kappa shape index (κ2) is 34.1. The van der Waals surface area contributed by atoms with E-state index in [0.29, 0.717) is 70.0 Å². The van der Waals surface area contributed by atoms with Crippen molar-refractivity contribution < 1.29 is 65.9 Å². The van der Waals surface area contributed by atoms with Gasteiger partial charge in [0.1, 0.15) is 25.3 Å². The molecule has 0 aliphatic carbocycles. The van der Waals surface area contributed by atoms with E-state index in [1.165, 1.54) is 4.90 Å². The van der Waals surface area contributed by atoms with E-state index in [0.717, 1.165) is 83.9 Å². The number of halogens is 3. The number of aromatic nitrogens is 2. The fourth-order valence-electron chi connectivity index (χ4n) is 11.0. The number of ether oxygens (including phenoxy) is 5. The average molecular weight is 1300 g/mol. The number of H-pyrrole nitrogens is 1. The first-order chi connectivity index (χ1) is 44.1. The first kappa shape index (κ1) is 70.7. The van der Waals surface area contributed by atoms with Gasteiger partial charge in [-0.05, 0) is 65.4 Å². The van der Waals surface area contributed by atoms with Gasteiger partial charge < -0.3 is 69.7 Å². The van der Waals surface area contributed by atoms with Crippen LogP contribution in [0.1, 0.15) is 59.9 Å². The Morgan fingerprint density at radius 2 is 1.36 bits per heavy atom. The molecule has 5 heterocycles. The lowest BCUT2D eigenvalue weighted by Crippen LogP contribution is -2.58. The van der Waals surface area contributed by atoms with Crippen molar-refractivity contribution in [3.05, 3.63) is 123 Å². The van der Waals surface area contributed by atoms with Crippen molar-refractivity contribution in [1.82, 2.24) is 45.5 Å². The van der Waals surface area contributed by atoms with Crippen molar-refractivity contribution in [3.8, 4) is 21.6 Å². The zero-order chi connectivity index (χ0) is 65.8. The number of piperazine rings is 2. The number of rotatable bonds is 31. The van der Waals surface area contributed by atoms with Crippen LogP contribution in [0.3, 0.4) is 0 Å². The van der Waals surface area contributed by atoms with Gasteiger partial charge >= 0.3 is 6.18 Å². The van der Waals surface area contributed by atoms with Crippen molar-refractivity contribution in [1.29, 1.82) is 0 Å². The predicted molar refractivity (Wildman–Crippen MR) is 342 cm³/mol. The van der Waals surface area contributed by atoms with Gasteiger partial charge in [0.25, 0.3) is 5.91 Å². The second-order valence-electron chi connectivity index (χ2n) is 24.2. The van der Waals surface area contributed by atoms with Crippen LogP contribution in [0.4, 0.5) is 24.5 Å². The molecule has 3 aliphatic heterocycles. The third-order valence-electron chi connectivity index (χ3n) is 16.1. The molecule has 5 amide bonds. The molecule has 0 spiro atoms. The normalized spacial score (nSPS) is 17.2. The van der Waals surface area contributed by atoms with E-state index in [4.69, 9.17) is 23.7 Å². The fraction of sp³-hybridized carbons (Fsp3) is 0.523. The number of aryl methyl sites for hydroxylation is 1. The Hall–Kier alpha value is -7.18. The molecule has 3 saturated heterocycles. The summed E-state index contributed by atoms with van der Waals surface area (Å²) in [6.07, 6.45) is -4.93. The third-order valence-corrected chi connectivity index (χ3v) is 17.1. The molecule has 0 unspecified atom stereocenters. The zero-order valence-electron chi connectivity index (χ0n) is 52.9. The SMILES string of the molecule is Cc1ncsc1-c1ccc(CNC(=O)[C@@H]2C[C@@H](O)CN2C(=O)[C@@H](NC(=O)COCCOCCOCCOCCOCC(=O)NCCN2CCN(Cc3cccc(-c4ccc(N5CCN(C)CC5)c(NC(=O)c5c[nH]c(=O)cc5C(F)(F)F)c4)c3)CC2)C(C)(C)C)cc1. The molecular weight excluding hydrogens is 1220 g/mol. The Morgan fingerprint density at radius 1 is 0.739 bits per heavy atom. The highest BCUT2D eigenvalue weighted by atomic mass is 32.1. The summed E-state index contributed by atoms with van der Waals surface area (Å²) in [7, 11) is 2.02. The van der Waals surface area contributed by atoms with Gasteiger partial charge in [-0.1, -0.05) is 69.3 Å². The number of likely N-dealkylation sites (tertiary alicyclic amines) is 1. The molecule has 8 rings (SSSR count). The lowest BCUT2D eigenvalue weighted by Gasteiger charge is -2.35. The van der Waals surface area contributed by atoms with Crippen LogP contribution in [0.15, 0.2) is 89.3 Å². The number of likely N-dealkylation sites (N-methyl/N-ethyl adjacent to an activating group) is 1. The number of carbonyl (C=O) groups excluding carboxylic acids is 5. The van der Waals surface area contributed by atoms with Gasteiger partial charge in [-0.15, -0.1) is 11.3 Å². The van der Waals surface area contributed by atoms with Crippen molar-refractivity contribution >= 4 is 52.2 Å². The number of aliphatic hydroxyl groups excluding tert-OH is 1. The molecule has 0 radical (unpaired) electrons. The number of benzene rings is 3. The molecule has 2 aromatic heterocycles. The van der Waals surface area contributed by atoms with E-state index in [1.807, 2.05) is 89.3 Å². The fourth-order valence-corrected chi connectivity index (χ4v) is 11.8. The largest absolute Gasteiger partial charge is 0.417 e. The first-order valence-electron chi connectivity index (χ1n) is 31.0. The highest BCUT2D eigenvalue weighted by molar-refractivity contribution is 7.13. The molecule has 5 aromatic rings. The Balaban J connectivity index is 0.635. The number of hydrogen-bond acceptors (Lipinski definition) is 18. The smallest absolute Gasteiger partial charge is 0.391 e. The van der Waals surface area contributed by atoms with Crippen LogP contribution in [0.5, 0.6) is 0 Å². The maximum Gasteiger partial charge on any atom is 0.417 e. The maximum absolute atomic E-state index is 14.0. The minimum absolute atomic E-state index is 0.0367. The Kier molecular flexibility index (Phi) is 26.2. The summed E-state index contributed by atoms with van der Waals surface area (Å²) in [4.78, 5) is 96.1. The predicted octanol–water partition coefficient (Wildman–Crippen LogP) is 4.62. The summed E-state index contributed by atoms with van der Waals surface area (Å²) in [5.41, 5.74) is 4.77. The minimum atomic E-state index is -4.91. The maximum atomic E-state index is 14.0. The Morgan fingerprint density at radius 3 is 1.99 bits per heavy atom. The lowest BCUT2D eigenvalue weighted by molar-refractivity contribution is -0.144. The van der Waals surface area contributed by atoms with Crippen LogP contribution < -0.4 is 31.7 Å². The zero-order valence-corrected chi connectivity index (χ0v) is 53.8. The van der Waals surface area contributed by atoms with Gasteiger partial charge in [0, 0.05) is 104 Å². The van der Waals surface area contributed by atoms with E-state index in [1.54, 1.807) is 22.9 Å². The van der Waals surface area contributed by atoms with Crippen LogP contribution >= 0.6 is 11.3 Å². The summed E-state index contributed by atoms with van der Waals surface area (Å²) in [5.74, 6) is -2.57. The van der Waals surface area contributed by atoms with Gasteiger partial charge in [-0.25, -0.2) is 4.98 Å². The molecule has 92 heavy (non-hydrogen) atoms. The number of thiazole rings is 1. The van der Waals surface area contributed by atoms with Crippen LogP contribution in [-0.4, -0.2) is 228 Å². The van der Waals surface area contributed by atoms with Crippen molar-refractivity contribution in [3.63, 3.8) is 0 Å². The van der Waals surface area contributed by atoms with E-state index in [-0.39, 0.29) is 77.6 Å².